The number of aryl methyl sites for hydroxylation is 1. The van der Waals surface area contributed by atoms with Crippen LogP contribution in [0.15, 0.2) is 30.3 Å². The summed E-state index contributed by atoms with van der Waals surface area (Å²) in [6.07, 6.45) is 7.51. The van der Waals surface area contributed by atoms with Crippen molar-refractivity contribution in [3.8, 4) is 11.3 Å². The van der Waals surface area contributed by atoms with Crippen molar-refractivity contribution >= 4 is 11.6 Å². The highest BCUT2D eigenvalue weighted by molar-refractivity contribution is 6.33. The summed E-state index contributed by atoms with van der Waals surface area (Å²) in [6, 6.07) is 8.23. The minimum atomic E-state index is -0.316. The van der Waals surface area contributed by atoms with Gasteiger partial charge in [0.15, 0.2) is 0 Å². The van der Waals surface area contributed by atoms with E-state index in [0.717, 1.165) is 18.0 Å². The summed E-state index contributed by atoms with van der Waals surface area (Å²) in [4.78, 5) is 2.66. The Balaban J connectivity index is 1.25. The molecule has 1 atom stereocenters. The summed E-state index contributed by atoms with van der Waals surface area (Å²) in [5.74, 6) is 0.519. The summed E-state index contributed by atoms with van der Waals surface area (Å²) < 4.78 is 13.5. The Hall–Kier alpha value is -1.52. The minimum absolute atomic E-state index is 0.316. The normalized spacial score (nSPS) is 21.2. The second-order valence-electron chi connectivity index (χ2n) is 10.5. The van der Waals surface area contributed by atoms with Gasteiger partial charge in [0.2, 0.25) is 0 Å². The molecule has 4 rings (SSSR count). The number of halogens is 2. The average molecular weight is 430 g/mol. The molecule has 1 spiro atoms. The van der Waals surface area contributed by atoms with Crippen LogP contribution in [0.4, 0.5) is 4.39 Å². The molecule has 1 saturated heterocycles. The summed E-state index contributed by atoms with van der Waals surface area (Å²) in [6.45, 7) is 10.7. The maximum Gasteiger partial charge on any atom is 0.123 e. The topological polar surface area (TPSA) is 29.0 Å². The smallest absolute Gasteiger partial charge is 0.123 e. The van der Waals surface area contributed by atoms with Gasteiger partial charge in [0.1, 0.15) is 5.82 Å². The Labute approximate surface area is 185 Å². The Morgan fingerprint density at radius 2 is 1.90 bits per heavy atom. The number of hydrogen-bond donors (Lipinski definition) is 0. The lowest BCUT2D eigenvalue weighted by Crippen LogP contribution is -2.37. The van der Waals surface area contributed by atoms with E-state index in [1.165, 1.54) is 63.9 Å². The van der Waals surface area contributed by atoms with Crippen molar-refractivity contribution in [1.29, 1.82) is 0 Å². The molecule has 2 heterocycles. The fourth-order valence-corrected chi connectivity index (χ4v) is 5.04. The molecular formula is C25H33ClFN3. The first-order valence-corrected chi connectivity index (χ1v) is 11.6. The van der Waals surface area contributed by atoms with Crippen molar-refractivity contribution in [2.45, 2.75) is 59.3 Å². The zero-order valence-corrected chi connectivity index (χ0v) is 19.2. The lowest BCUT2D eigenvalue weighted by Gasteiger charge is -2.34. The van der Waals surface area contributed by atoms with Gasteiger partial charge in [-0.1, -0.05) is 32.4 Å². The first kappa shape index (κ1) is 21.7. The SMILES string of the molecule is CC(C)(C)CCN1CCC2(CC1)C[C@H]2CCc1ccc(-c2cc(F)ccc2Cl)nn1. The van der Waals surface area contributed by atoms with Crippen molar-refractivity contribution in [2.75, 3.05) is 19.6 Å². The predicted molar refractivity (Wildman–Crippen MR) is 121 cm³/mol. The third-order valence-electron chi connectivity index (χ3n) is 7.06. The van der Waals surface area contributed by atoms with Gasteiger partial charge in [-0.2, -0.15) is 10.2 Å². The number of hydrogen-bond acceptors (Lipinski definition) is 3. The molecular weight excluding hydrogens is 397 g/mol. The third-order valence-corrected chi connectivity index (χ3v) is 7.39. The van der Waals surface area contributed by atoms with E-state index in [1.54, 1.807) is 6.07 Å². The van der Waals surface area contributed by atoms with Crippen LogP contribution >= 0.6 is 11.6 Å². The second-order valence-corrected chi connectivity index (χ2v) is 10.9. The molecule has 0 N–H and O–H groups in total. The van der Waals surface area contributed by atoms with E-state index in [9.17, 15) is 4.39 Å². The van der Waals surface area contributed by atoms with Crippen LogP contribution in [0.1, 0.15) is 58.6 Å². The molecule has 0 unspecified atom stereocenters. The standard InChI is InChI=1S/C25H33ClFN3/c1-24(2,3)10-13-30-14-11-25(12-15-30)17-18(25)4-6-20-7-9-23(29-28-20)21-16-19(27)5-8-22(21)26/h5,7-9,16,18H,4,6,10-15,17H2,1-3H3/t18-/m1/s1. The zero-order chi connectivity index (χ0) is 21.4. The predicted octanol–water partition coefficient (Wildman–Crippen LogP) is 6.41. The van der Waals surface area contributed by atoms with E-state index >= 15 is 0 Å². The lowest BCUT2D eigenvalue weighted by atomic mass is 9.88. The second kappa shape index (κ2) is 8.55. The van der Waals surface area contributed by atoms with Gasteiger partial charge in [-0.05, 0) is 105 Å². The van der Waals surface area contributed by atoms with Gasteiger partial charge < -0.3 is 4.90 Å². The van der Waals surface area contributed by atoms with E-state index in [0.29, 0.717) is 27.1 Å². The molecule has 1 aliphatic carbocycles. The van der Waals surface area contributed by atoms with Gasteiger partial charge in [-0.3, -0.25) is 0 Å². The lowest BCUT2D eigenvalue weighted by molar-refractivity contribution is 0.145. The highest BCUT2D eigenvalue weighted by Gasteiger charge is 2.53. The van der Waals surface area contributed by atoms with Gasteiger partial charge in [0, 0.05) is 5.56 Å². The number of piperidine rings is 1. The third kappa shape index (κ3) is 5.20. The Morgan fingerprint density at radius 1 is 1.13 bits per heavy atom. The van der Waals surface area contributed by atoms with Crippen LogP contribution in [-0.4, -0.2) is 34.7 Å². The highest BCUT2D eigenvalue weighted by atomic mass is 35.5. The highest BCUT2D eigenvalue weighted by Crippen LogP contribution is 2.61. The van der Waals surface area contributed by atoms with Gasteiger partial charge in [-0.15, -0.1) is 0 Å². The largest absolute Gasteiger partial charge is 0.303 e. The first-order chi connectivity index (χ1) is 14.2. The molecule has 1 aromatic heterocycles. The van der Waals surface area contributed by atoms with Crippen LogP contribution in [-0.2, 0) is 6.42 Å². The summed E-state index contributed by atoms with van der Waals surface area (Å²) in [5.41, 5.74) is 3.24. The van der Waals surface area contributed by atoms with Crippen LogP contribution in [0.2, 0.25) is 5.02 Å². The zero-order valence-electron chi connectivity index (χ0n) is 18.4. The summed E-state index contributed by atoms with van der Waals surface area (Å²) in [5, 5.41) is 9.17. The van der Waals surface area contributed by atoms with Gasteiger partial charge in [0.05, 0.1) is 16.4 Å². The van der Waals surface area contributed by atoms with Crippen molar-refractivity contribution < 1.29 is 4.39 Å². The molecule has 2 fully saturated rings. The molecule has 5 heteroatoms. The molecule has 2 aliphatic rings. The number of nitrogens with zero attached hydrogens (tertiary/aromatic N) is 3. The average Bonchev–Trinajstić information content (AvgIpc) is 3.39. The molecule has 0 bridgehead atoms. The Morgan fingerprint density at radius 3 is 2.57 bits per heavy atom. The molecule has 0 radical (unpaired) electrons. The molecule has 0 amide bonds. The molecule has 30 heavy (non-hydrogen) atoms. The van der Waals surface area contributed by atoms with Crippen LogP contribution in [0.25, 0.3) is 11.3 Å². The van der Waals surface area contributed by atoms with Crippen molar-refractivity contribution in [3.63, 3.8) is 0 Å². The summed E-state index contributed by atoms with van der Waals surface area (Å²) >= 11 is 6.18. The quantitative estimate of drug-likeness (QED) is 0.531. The fourth-order valence-electron chi connectivity index (χ4n) is 4.82. The van der Waals surface area contributed by atoms with Crippen molar-refractivity contribution in [2.24, 2.45) is 16.7 Å². The minimum Gasteiger partial charge on any atom is -0.303 e. The Bertz CT molecular complexity index is 867. The maximum absolute atomic E-state index is 13.5. The fraction of sp³-hybridized carbons (Fsp3) is 0.600. The summed E-state index contributed by atoms with van der Waals surface area (Å²) in [7, 11) is 0. The molecule has 1 aliphatic heterocycles. The monoisotopic (exact) mass is 429 g/mol. The molecule has 3 nitrogen and oxygen atoms in total. The van der Waals surface area contributed by atoms with Gasteiger partial charge >= 0.3 is 0 Å². The van der Waals surface area contributed by atoms with Crippen LogP contribution in [0.5, 0.6) is 0 Å². The van der Waals surface area contributed by atoms with Crippen molar-refractivity contribution in [1.82, 2.24) is 15.1 Å². The van der Waals surface area contributed by atoms with E-state index in [1.807, 2.05) is 12.1 Å². The number of aromatic nitrogens is 2. The molecule has 162 valence electrons. The van der Waals surface area contributed by atoms with E-state index in [-0.39, 0.29) is 5.82 Å². The van der Waals surface area contributed by atoms with Crippen LogP contribution in [0.3, 0.4) is 0 Å². The number of likely N-dealkylation sites (tertiary alicyclic amines) is 1. The Kier molecular flexibility index (Phi) is 6.18. The van der Waals surface area contributed by atoms with Crippen molar-refractivity contribution in [3.05, 3.63) is 46.9 Å². The van der Waals surface area contributed by atoms with Gasteiger partial charge in [0.25, 0.3) is 0 Å². The number of benzene rings is 1. The molecule has 1 saturated carbocycles. The van der Waals surface area contributed by atoms with E-state index in [2.05, 4.69) is 35.9 Å². The first-order valence-electron chi connectivity index (χ1n) is 11.2. The maximum atomic E-state index is 13.5. The van der Waals surface area contributed by atoms with Crippen LogP contribution in [0, 0.1) is 22.6 Å². The number of rotatable bonds is 6. The van der Waals surface area contributed by atoms with E-state index in [4.69, 9.17) is 11.6 Å². The van der Waals surface area contributed by atoms with E-state index < -0.39 is 0 Å². The van der Waals surface area contributed by atoms with Crippen LogP contribution < -0.4 is 0 Å². The molecule has 2 aromatic rings. The molecule has 1 aromatic carbocycles. The van der Waals surface area contributed by atoms with Gasteiger partial charge in [-0.25, -0.2) is 4.39 Å².